The van der Waals surface area contributed by atoms with E-state index in [0.717, 1.165) is 13.1 Å². The number of rotatable bonds is 4. The molecule has 0 aliphatic carbocycles. The fourth-order valence-corrected chi connectivity index (χ4v) is 1.98. The van der Waals surface area contributed by atoms with Gasteiger partial charge in [0, 0.05) is 24.8 Å². The number of carbonyl (C=O) groups is 1. The highest BCUT2D eigenvalue weighted by Crippen LogP contribution is 2.20. The molecule has 0 saturated carbocycles. The van der Waals surface area contributed by atoms with Gasteiger partial charge in [-0.25, -0.2) is 4.79 Å². The molecule has 3 N–H and O–H groups in total. The number of likely N-dealkylation sites (N-methyl/N-ethyl adjacent to an activating group) is 1. The van der Waals surface area contributed by atoms with Gasteiger partial charge in [0.05, 0.1) is 12.2 Å². The van der Waals surface area contributed by atoms with Crippen LogP contribution in [0, 0.1) is 0 Å². The van der Waals surface area contributed by atoms with Crippen molar-refractivity contribution in [1.82, 2.24) is 4.90 Å². The second-order valence-electron chi connectivity index (χ2n) is 4.62. The van der Waals surface area contributed by atoms with Crippen LogP contribution in [0.2, 0.25) is 0 Å². The largest absolute Gasteiger partial charge is 0.491 e. The fourth-order valence-electron chi connectivity index (χ4n) is 1.98. The molecule has 0 bridgehead atoms. The van der Waals surface area contributed by atoms with Gasteiger partial charge in [-0.1, -0.05) is 0 Å². The summed E-state index contributed by atoms with van der Waals surface area (Å²) in [5, 5.41) is 8.87. The molecule has 1 aliphatic rings. The van der Waals surface area contributed by atoms with Gasteiger partial charge in [-0.05, 0) is 19.2 Å². The van der Waals surface area contributed by atoms with E-state index in [2.05, 4.69) is 4.90 Å². The molecule has 1 aromatic rings. The second kappa shape index (κ2) is 5.90. The number of aromatic carboxylic acids is 1. The normalized spacial score (nSPS) is 20.2. The summed E-state index contributed by atoms with van der Waals surface area (Å²) in [6.07, 6.45) is 0.0270. The van der Waals surface area contributed by atoms with E-state index in [1.807, 2.05) is 7.05 Å². The Kier molecular flexibility index (Phi) is 4.24. The van der Waals surface area contributed by atoms with Crippen molar-refractivity contribution in [3.8, 4) is 5.75 Å². The van der Waals surface area contributed by atoms with Gasteiger partial charge in [-0.3, -0.25) is 0 Å². The van der Waals surface area contributed by atoms with Crippen LogP contribution in [0.1, 0.15) is 10.4 Å². The van der Waals surface area contributed by atoms with Crippen LogP contribution >= 0.6 is 0 Å². The van der Waals surface area contributed by atoms with Crippen molar-refractivity contribution in [2.24, 2.45) is 0 Å². The lowest BCUT2D eigenvalue weighted by molar-refractivity contribution is -0.0403. The van der Waals surface area contributed by atoms with Crippen molar-refractivity contribution in [2.45, 2.75) is 6.10 Å². The van der Waals surface area contributed by atoms with Crippen LogP contribution in [0.3, 0.4) is 0 Å². The lowest BCUT2D eigenvalue weighted by atomic mass is 10.2. The molecule has 1 aromatic carbocycles. The summed E-state index contributed by atoms with van der Waals surface area (Å²) in [6, 6.07) is 4.57. The van der Waals surface area contributed by atoms with E-state index >= 15 is 0 Å². The van der Waals surface area contributed by atoms with E-state index in [1.165, 1.54) is 12.1 Å². The number of morpholine rings is 1. The third-order valence-electron chi connectivity index (χ3n) is 3.03. The van der Waals surface area contributed by atoms with Crippen LogP contribution in [0.25, 0.3) is 0 Å². The molecule has 1 fully saturated rings. The van der Waals surface area contributed by atoms with Gasteiger partial charge in [-0.2, -0.15) is 0 Å². The molecule has 1 saturated heterocycles. The maximum atomic E-state index is 10.8. The Morgan fingerprint density at radius 1 is 1.63 bits per heavy atom. The van der Waals surface area contributed by atoms with Gasteiger partial charge in [-0.15, -0.1) is 0 Å². The lowest BCUT2D eigenvalue weighted by Gasteiger charge is -2.29. The summed E-state index contributed by atoms with van der Waals surface area (Å²) >= 11 is 0. The molecular weight excluding hydrogens is 248 g/mol. The van der Waals surface area contributed by atoms with Crippen molar-refractivity contribution in [3.63, 3.8) is 0 Å². The number of benzene rings is 1. The lowest BCUT2D eigenvalue weighted by Crippen LogP contribution is -2.42. The molecule has 1 heterocycles. The number of carboxylic acids is 1. The zero-order chi connectivity index (χ0) is 13.8. The third kappa shape index (κ3) is 3.59. The van der Waals surface area contributed by atoms with Gasteiger partial charge in [0.25, 0.3) is 0 Å². The van der Waals surface area contributed by atoms with Crippen molar-refractivity contribution >= 4 is 11.7 Å². The van der Waals surface area contributed by atoms with Crippen molar-refractivity contribution in [3.05, 3.63) is 23.8 Å². The molecule has 104 valence electrons. The van der Waals surface area contributed by atoms with E-state index in [9.17, 15) is 4.79 Å². The number of nitrogens with two attached hydrogens (primary N) is 1. The van der Waals surface area contributed by atoms with Crippen LogP contribution in [0.15, 0.2) is 18.2 Å². The van der Waals surface area contributed by atoms with Crippen molar-refractivity contribution in [1.29, 1.82) is 0 Å². The van der Waals surface area contributed by atoms with Gasteiger partial charge >= 0.3 is 5.97 Å². The average molecular weight is 266 g/mol. The quantitative estimate of drug-likeness (QED) is 0.779. The first-order valence-corrected chi connectivity index (χ1v) is 6.12. The third-order valence-corrected chi connectivity index (χ3v) is 3.03. The minimum atomic E-state index is -1.04. The van der Waals surface area contributed by atoms with Gasteiger partial charge < -0.3 is 25.2 Å². The molecule has 0 aromatic heterocycles. The second-order valence-corrected chi connectivity index (χ2v) is 4.62. The fraction of sp³-hybridized carbons (Fsp3) is 0.462. The van der Waals surface area contributed by atoms with Crippen molar-refractivity contribution in [2.75, 3.05) is 39.1 Å². The molecule has 0 radical (unpaired) electrons. The van der Waals surface area contributed by atoms with Crippen LogP contribution in [-0.2, 0) is 4.74 Å². The van der Waals surface area contributed by atoms with E-state index < -0.39 is 5.97 Å². The Morgan fingerprint density at radius 3 is 3.05 bits per heavy atom. The molecule has 1 atom stereocenters. The molecule has 0 amide bonds. The first kappa shape index (κ1) is 13.6. The first-order valence-electron chi connectivity index (χ1n) is 6.12. The molecule has 19 heavy (non-hydrogen) atoms. The topological polar surface area (TPSA) is 85.0 Å². The number of nitrogen functional groups attached to an aromatic ring is 1. The predicted molar refractivity (Wildman–Crippen MR) is 70.5 cm³/mol. The number of hydrogen-bond donors (Lipinski definition) is 2. The number of ether oxygens (including phenoxy) is 2. The zero-order valence-corrected chi connectivity index (χ0v) is 10.8. The standard InChI is InChI=1S/C13H18N2O4/c1-15-4-5-18-10(7-15)8-19-9-2-3-11(13(16)17)12(14)6-9/h2-3,6,10H,4-5,7-8,14H2,1H3,(H,16,17). The summed E-state index contributed by atoms with van der Waals surface area (Å²) in [7, 11) is 2.04. The van der Waals surface area contributed by atoms with Gasteiger partial charge in [0.1, 0.15) is 18.5 Å². The zero-order valence-electron chi connectivity index (χ0n) is 10.8. The van der Waals surface area contributed by atoms with Crippen LogP contribution < -0.4 is 10.5 Å². The predicted octanol–water partition coefficient (Wildman–Crippen LogP) is 0.676. The highest BCUT2D eigenvalue weighted by molar-refractivity contribution is 5.93. The number of hydrogen-bond acceptors (Lipinski definition) is 5. The molecule has 0 spiro atoms. The monoisotopic (exact) mass is 266 g/mol. The Labute approximate surface area is 111 Å². The highest BCUT2D eigenvalue weighted by Gasteiger charge is 2.18. The summed E-state index contributed by atoms with van der Waals surface area (Å²) < 4.78 is 11.2. The smallest absolute Gasteiger partial charge is 0.337 e. The Bertz CT molecular complexity index is 464. The Morgan fingerprint density at radius 2 is 2.42 bits per heavy atom. The molecule has 1 unspecified atom stereocenters. The summed E-state index contributed by atoms with van der Waals surface area (Å²) in [5.74, 6) is -0.486. The summed E-state index contributed by atoms with van der Waals surface area (Å²) in [5.41, 5.74) is 5.94. The van der Waals surface area contributed by atoms with E-state index in [4.69, 9.17) is 20.3 Å². The maximum Gasteiger partial charge on any atom is 0.337 e. The van der Waals surface area contributed by atoms with Gasteiger partial charge in [0.2, 0.25) is 0 Å². The van der Waals surface area contributed by atoms with Crippen LogP contribution in [0.5, 0.6) is 5.75 Å². The van der Waals surface area contributed by atoms with Crippen LogP contribution in [0.4, 0.5) is 5.69 Å². The molecule has 2 rings (SSSR count). The SMILES string of the molecule is CN1CCOC(COc2ccc(C(=O)O)c(N)c2)C1. The maximum absolute atomic E-state index is 10.8. The average Bonchev–Trinajstić information content (AvgIpc) is 2.36. The molecule has 1 aliphatic heterocycles. The van der Waals surface area contributed by atoms with E-state index in [0.29, 0.717) is 19.0 Å². The van der Waals surface area contributed by atoms with Gasteiger partial charge in [0.15, 0.2) is 0 Å². The van der Waals surface area contributed by atoms with E-state index in [1.54, 1.807) is 6.07 Å². The Balaban J connectivity index is 1.92. The minimum absolute atomic E-state index is 0.0270. The number of nitrogens with zero attached hydrogens (tertiary/aromatic N) is 1. The number of anilines is 1. The van der Waals surface area contributed by atoms with Crippen LogP contribution in [-0.4, -0.2) is 55.4 Å². The molecule has 6 heteroatoms. The number of carboxylic acid groups (broad SMARTS) is 1. The molecule has 6 nitrogen and oxygen atoms in total. The highest BCUT2D eigenvalue weighted by atomic mass is 16.5. The Hall–Kier alpha value is -1.79. The van der Waals surface area contributed by atoms with Crippen molar-refractivity contribution < 1.29 is 19.4 Å². The van der Waals surface area contributed by atoms with E-state index in [-0.39, 0.29) is 17.4 Å². The minimum Gasteiger partial charge on any atom is -0.491 e. The first-order chi connectivity index (χ1) is 9.06. The molecular formula is C13H18N2O4. The summed E-state index contributed by atoms with van der Waals surface area (Å²) in [4.78, 5) is 13.0. The summed E-state index contributed by atoms with van der Waals surface area (Å²) in [6.45, 7) is 2.88.